The Balaban J connectivity index is 2.29. The number of sulfonamides is 1. The van der Waals surface area contributed by atoms with Crippen molar-refractivity contribution >= 4 is 15.7 Å². The van der Waals surface area contributed by atoms with E-state index in [2.05, 4.69) is 15.0 Å². The lowest BCUT2D eigenvalue weighted by molar-refractivity contribution is 0.458. The number of hydrogen-bond donors (Lipinski definition) is 2. The van der Waals surface area contributed by atoms with Crippen LogP contribution in [-0.4, -0.2) is 34.7 Å². The molecule has 96 valence electrons. The maximum Gasteiger partial charge on any atom is 0.246 e. The van der Waals surface area contributed by atoms with Crippen molar-refractivity contribution in [2.24, 2.45) is 0 Å². The molecule has 0 saturated heterocycles. The van der Waals surface area contributed by atoms with Crippen molar-refractivity contribution in [1.82, 2.24) is 19.3 Å². The Labute approximate surface area is 105 Å². The van der Waals surface area contributed by atoms with E-state index in [0.29, 0.717) is 5.82 Å². The van der Waals surface area contributed by atoms with Gasteiger partial charge >= 0.3 is 0 Å². The molecule has 0 atom stereocenters. The number of nitrogens with zero attached hydrogens (tertiary/aromatic N) is 3. The topological polar surface area (TPSA) is 105 Å². The van der Waals surface area contributed by atoms with Gasteiger partial charge < -0.3 is 10.7 Å². The average Bonchev–Trinajstić information content (AvgIpc) is 2.82. The zero-order chi connectivity index (χ0) is 13.2. The number of pyridine rings is 1. The highest BCUT2D eigenvalue weighted by atomic mass is 32.2. The lowest BCUT2D eigenvalue weighted by Gasteiger charge is -2.16. The first-order chi connectivity index (χ1) is 8.51. The van der Waals surface area contributed by atoms with E-state index in [1.54, 1.807) is 12.4 Å². The highest BCUT2D eigenvalue weighted by Gasteiger charge is 2.24. The van der Waals surface area contributed by atoms with Crippen molar-refractivity contribution in [3.8, 4) is 0 Å². The third kappa shape index (κ3) is 2.34. The zero-order valence-electron chi connectivity index (χ0n) is 9.74. The lowest BCUT2D eigenvalue weighted by Crippen LogP contribution is -2.27. The van der Waals surface area contributed by atoms with E-state index in [4.69, 9.17) is 5.73 Å². The number of nitrogen functional groups attached to an aromatic ring is 1. The molecule has 7 nitrogen and oxygen atoms in total. The summed E-state index contributed by atoms with van der Waals surface area (Å²) < 4.78 is 25.7. The number of imidazole rings is 1. The maximum absolute atomic E-state index is 12.2. The van der Waals surface area contributed by atoms with Crippen molar-refractivity contribution in [2.45, 2.75) is 11.4 Å². The standard InChI is InChI=1S/C10H13N5O2S/c1-15(7-10-13-4-5-14-10)18(16,17)9-6-12-3-2-8(9)11/h2-6H,7H2,1H3,(H2,11,12)(H,13,14). The summed E-state index contributed by atoms with van der Waals surface area (Å²) in [5.41, 5.74) is 5.83. The minimum Gasteiger partial charge on any atom is -0.398 e. The SMILES string of the molecule is CN(Cc1ncc[nH]1)S(=O)(=O)c1cnccc1N. The zero-order valence-corrected chi connectivity index (χ0v) is 10.6. The van der Waals surface area contributed by atoms with Gasteiger partial charge in [-0.25, -0.2) is 13.4 Å². The molecule has 0 amide bonds. The number of nitrogens with one attached hydrogen (secondary N) is 1. The molecule has 0 radical (unpaired) electrons. The second kappa shape index (κ2) is 4.75. The van der Waals surface area contributed by atoms with Crippen molar-refractivity contribution < 1.29 is 8.42 Å². The van der Waals surface area contributed by atoms with Gasteiger partial charge in [0.1, 0.15) is 10.7 Å². The van der Waals surface area contributed by atoms with E-state index in [1.165, 1.54) is 29.8 Å². The van der Waals surface area contributed by atoms with Gasteiger partial charge in [-0.15, -0.1) is 0 Å². The lowest BCUT2D eigenvalue weighted by atomic mass is 10.4. The van der Waals surface area contributed by atoms with Crippen LogP contribution in [0.5, 0.6) is 0 Å². The fourth-order valence-electron chi connectivity index (χ4n) is 1.45. The number of H-pyrrole nitrogens is 1. The summed E-state index contributed by atoms with van der Waals surface area (Å²) in [6.45, 7) is 0.143. The highest BCUT2D eigenvalue weighted by Crippen LogP contribution is 2.20. The number of aromatic amines is 1. The van der Waals surface area contributed by atoms with Crippen LogP contribution in [-0.2, 0) is 16.6 Å². The molecule has 2 heterocycles. The summed E-state index contributed by atoms with van der Waals surface area (Å²) in [4.78, 5) is 10.6. The van der Waals surface area contributed by atoms with Crippen LogP contribution in [0.15, 0.2) is 35.7 Å². The van der Waals surface area contributed by atoms with Crippen LogP contribution in [0.4, 0.5) is 5.69 Å². The van der Waals surface area contributed by atoms with E-state index in [-0.39, 0.29) is 17.1 Å². The number of aromatic nitrogens is 3. The number of nitrogens with two attached hydrogens (primary N) is 1. The molecule has 3 N–H and O–H groups in total. The predicted molar refractivity (Wildman–Crippen MR) is 65.9 cm³/mol. The summed E-state index contributed by atoms with van der Waals surface area (Å²) in [6.07, 6.45) is 5.88. The second-order valence-corrected chi connectivity index (χ2v) is 5.72. The van der Waals surface area contributed by atoms with Gasteiger partial charge in [0.05, 0.1) is 12.2 Å². The van der Waals surface area contributed by atoms with E-state index in [0.717, 1.165) is 0 Å². The molecule has 0 aliphatic heterocycles. The summed E-state index contributed by atoms with van der Waals surface area (Å²) in [5.74, 6) is 0.559. The van der Waals surface area contributed by atoms with E-state index < -0.39 is 10.0 Å². The fraction of sp³-hybridized carbons (Fsp3) is 0.200. The van der Waals surface area contributed by atoms with E-state index in [9.17, 15) is 8.42 Å². The van der Waals surface area contributed by atoms with Crippen LogP contribution in [0.1, 0.15) is 5.82 Å². The molecule has 0 spiro atoms. The molecular weight excluding hydrogens is 254 g/mol. The Hall–Kier alpha value is -1.93. The Kier molecular flexibility index (Phi) is 3.30. The quantitative estimate of drug-likeness (QED) is 0.823. The normalized spacial score (nSPS) is 11.9. The first-order valence-corrected chi connectivity index (χ1v) is 6.60. The molecule has 2 aromatic heterocycles. The number of hydrogen-bond acceptors (Lipinski definition) is 5. The van der Waals surface area contributed by atoms with Gasteiger partial charge in [-0.2, -0.15) is 4.31 Å². The molecule has 18 heavy (non-hydrogen) atoms. The van der Waals surface area contributed by atoms with Crippen LogP contribution < -0.4 is 5.73 Å². The average molecular weight is 267 g/mol. The van der Waals surface area contributed by atoms with Crippen molar-refractivity contribution in [3.63, 3.8) is 0 Å². The molecule has 0 aliphatic carbocycles. The van der Waals surface area contributed by atoms with Gasteiger partial charge in [0.2, 0.25) is 10.0 Å². The van der Waals surface area contributed by atoms with Crippen molar-refractivity contribution in [2.75, 3.05) is 12.8 Å². The summed E-state index contributed by atoms with van der Waals surface area (Å²) in [6, 6.07) is 1.45. The van der Waals surface area contributed by atoms with Gasteiger partial charge in [0.25, 0.3) is 0 Å². The van der Waals surface area contributed by atoms with Gasteiger partial charge in [-0.05, 0) is 6.07 Å². The molecule has 0 aliphatic rings. The second-order valence-electron chi connectivity index (χ2n) is 3.71. The molecule has 8 heteroatoms. The van der Waals surface area contributed by atoms with E-state index in [1.807, 2.05) is 0 Å². The molecule has 0 unspecified atom stereocenters. The van der Waals surface area contributed by atoms with Crippen LogP contribution in [0.2, 0.25) is 0 Å². The molecule has 0 bridgehead atoms. The monoisotopic (exact) mass is 267 g/mol. The molecule has 0 saturated carbocycles. The molecule has 0 aromatic carbocycles. The van der Waals surface area contributed by atoms with Crippen molar-refractivity contribution in [3.05, 3.63) is 36.7 Å². The summed E-state index contributed by atoms with van der Waals surface area (Å²) >= 11 is 0. The minimum absolute atomic E-state index is 0.000874. The van der Waals surface area contributed by atoms with Crippen LogP contribution in [0.25, 0.3) is 0 Å². The molecule has 2 rings (SSSR count). The number of anilines is 1. The third-order valence-corrected chi connectivity index (χ3v) is 4.28. The third-order valence-electron chi connectivity index (χ3n) is 2.43. The number of rotatable bonds is 4. The predicted octanol–water partition coefficient (Wildman–Crippen LogP) is 0.208. The largest absolute Gasteiger partial charge is 0.398 e. The fourth-order valence-corrected chi connectivity index (χ4v) is 2.64. The first-order valence-electron chi connectivity index (χ1n) is 5.16. The van der Waals surface area contributed by atoms with Crippen LogP contribution >= 0.6 is 0 Å². The Bertz CT molecular complexity index is 623. The first kappa shape index (κ1) is 12.5. The van der Waals surface area contributed by atoms with Crippen LogP contribution in [0, 0.1) is 0 Å². The Morgan fingerprint density at radius 3 is 2.83 bits per heavy atom. The minimum atomic E-state index is -3.66. The Morgan fingerprint density at radius 2 is 2.22 bits per heavy atom. The van der Waals surface area contributed by atoms with Gasteiger partial charge in [-0.3, -0.25) is 4.98 Å². The van der Waals surface area contributed by atoms with Crippen molar-refractivity contribution in [1.29, 1.82) is 0 Å². The highest BCUT2D eigenvalue weighted by molar-refractivity contribution is 7.89. The van der Waals surface area contributed by atoms with E-state index >= 15 is 0 Å². The summed E-state index contributed by atoms with van der Waals surface area (Å²) in [5, 5.41) is 0. The van der Waals surface area contributed by atoms with Gasteiger partial charge in [0.15, 0.2) is 0 Å². The summed E-state index contributed by atoms with van der Waals surface area (Å²) in [7, 11) is -2.20. The van der Waals surface area contributed by atoms with Gasteiger partial charge in [-0.1, -0.05) is 0 Å². The maximum atomic E-state index is 12.2. The van der Waals surface area contributed by atoms with Crippen LogP contribution in [0.3, 0.4) is 0 Å². The molecular formula is C10H13N5O2S. The Morgan fingerprint density at radius 1 is 1.44 bits per heavy atom. The molecule has 2 aromatic rings. The molecule has 0 fully saturated rings. The smallest absolute Gasteiger partial charge is 0.246 e. The van der Waals surface area contributed by atoms with Gasteiger partial charge in [0, 0.05) is 31.8 Å².